The smallest absolute Gasteiger partial charge is 0.166 e. The van der Waals surface area contributed by atoms with Crippen molar-refractivity contribution in [2.45, 2.75) is 43.9 Å². The Morgan fingerprint density at radius 2 is 2.05 bits per heavy atom. The number of hydrogen-bond donors (Lipinski definition) is 3. The van der Waals surface area contributed by atoms with Crippen LogP contribution in [0.4, 0.5) is 10.1 Å². The van der Waals surface area contributed by atoms with Gasteiger partial charge in [-0.1, -0.05) is 49.4 Å². The van der Waals surface area contributed by atoms with Gasteiger partial charge in [0, 0.05) is 37.1 Å². The molecule has 9 heteroatoms. The van der Waals surface area contributed by atoms with Gasteiger partial charge in [0.2, 0.25) is 0 Å². The first kappa shape index (κ1) is 26.6. The molecular weight excluding hydrogens is 489 g/mol. The molecule has 0 saturated carbocycles. The van der Waals surface area contributed by atoms with Crippen molar-refractivity contribution < 1.29 is 13.7 Å². The topological polar surface area (TPSA) is 102 Å². The van der Waals surface area contributed by atoms with Crippen LogP contribution in [0.2, 0.25) is 0 Å². The first-order chi connectivity index (χ1) is 17.8. The maximum absolute atomic E-state index is 14.2. The van der Waals surface area contributed by atoms with Crippen molar-refractivity contribution in [3.63, 3.8) is 0 Å². The molecule has 4 rings (SSSR count). The van der Waals surface area contributed by atoms with E-state index in [0.717, 1.165) is 12.8 Å². The molecule has 4 atom stereocenters. The Hall–Kier alpha value is -3.45. The van der Waals surface area contributed by atoms with E-state index in [1.54, 1.807) is 23.9 Å². The second-order valence-electron chi connectivity index (χ2n) is 9.23. The molecule has 37 heavy (non-hydrogen) atoms. The van der Waals surface area contributed by atoms with Crippen LogP contribution in [0, 0.1) is 23.1 Å². The predicted molar refractivity (Wildman–Crippen MR) is 144 cm³/mol. The quantitative estimate of drug-likeness (QED) is 0.357. The standard InChI is InChI=1S/C28H32FN5O2S/c1-4-31-37(36)26-18-34(3)27(28(35)32-22-12-14-24(29)21(16-22)17-30)23(26)13-15-25(33-37)19(2)10-11-20-8-6-5-7-9-20/h5-9,12-16,18-19,25,28,32,35H,4,10-11H2,1-3H3,(H,31,33,36)/t19?,25-,28?,37?/m1/s1. The summed E-state index contributed by atoms with van der Waals surface area (Å²) in [6, 6.07) is 15.9. The SMILES string of the molecule is CCN=S1(=O)N[C@@H](C(C)CCc2ccccc2)C=Cc2c1cn(C)c2C(O)Nc1ccc(F)c(C#N)c1. The molecule has 1 aliphatic rings. The third kappa shape index (κ3) is 5.77. The fourth-order valence-electron chi connectivity index (χ4n) is 4.59. The van der Waals surface area contributed by atoms with Gasteiger partial charge in [-0.3, -0.25) is 0 Å². The average molecular weight is 522 g/mol. The number of rotatable bonds is 8. The number of hydrogen-bond acceptors (Lipinski definition) is 5. The third-order valence-corrected chi connectivity index (χ3v) is 8.74. The van der Waals surface area contributed by atoms with Crippen molar-refractivity contribution in [2.24, 2.45) is 17.3 Å². The summed E-state index contributed by atoms with van der Waals surface area (Å²) in [5.41, 5.74) is 2.64. The molecule has 0 amide bonds. The predicted octanol–water partition coefficient (Wildman–Crippen LogP) is 5.15. The monoisotopic (exact) mass is 521 g/mol. The minimum Gasteiger partial charge on any atom is -0.368 e. The number of aromatic nitrogens is 1. The number of benzene rings is 2. The number of nitriles is 1. The summed E-state index contributed by atoms with van der Waals surface area (Å²) in [7, 11) is -1.21. The zero-order valence-corrected chi connectivity index (χ0v) is 22.0. The molecule has 0 saturated heterocycles. The van der Waals surface area contributed by atoms with Gasteiger partial charge < -0.3 is 15.0 Å². The van der Waals surface area contributed by atoms with Crippen LogP contribution < -0.4 is 10.0 Å². The lowest BCUT2D eigenvalue weighted by molar-refractivity contribution is 0.199. The Bertz CT molecular complexity index is 1450. The number of nitrogens with one attached hydrogen (secondary N) is 2. The number of aliphatic hydroxyl groups is 1. The Labute approximate surface area is 218 Å². The lowest BCUT2D eigenvalue weighted by Gasteiger charge is -2.23. The summed E-state index contributed by atoms with van der Waals surface area (Å²) in [6.45, 7) is 4.35. The van der Waals surface area contributed by atoms with E-state index in [2.05, 4.69) is 33.5 Å². The third-order valence-electron chi connectivity index (χ3n) is 6.60. The van der Waals surface area contributed by atoms with E-state index in [4.69, 9.17) is 5.26 Å². The van der Waals surface area contributed by atoms with Crippen LogP contribution >= 0.6 is 0 Å². The highest BCUT2D eigenvalue weighted by atomic mass is 32.2. The van der Waals surface area contributed by atoms with Gasteiger partial charge in [0.05, 0.1) is 16.2 Å². The van der Waals surface area contributed by atoms with Crippen LogP contribution in [0.25, 0.3) is 6.08 Å². The molecule has 2 aromatic carbocycles. The molecule has 2 heterocycles. The molecule has 0 aliphatic carbocycles. The number of aliphatic hydroxyl groups excluding tert-OH is 1. The van der Waals surface area contributed by atoms with E-state index in [1.807, 2.05) is 37.3 Å². The summed E-state index contributed by atoms with van der Waals surface area (Å²) in [5.74, 6) is -0.449. The molecule has 1 aliphatic heterocycles. The number of halogens is 1. The summed E-state index contributed by atoms with van der Waals surface area (Å²) in [4.78, 5) is 0.513. The molecule has 1 aromatic heterocycles. The second kappa shape index (κ2) is 11.3. The van der Waals surface area contributed by atoms with Crippen molar-refractivity contribution in [1.82, 2.24) is 9.29 Å². The molecule has 0 fully saturated rings. The van der Waals surface area contributed by atoms with Crippen LogP contribution in [0.15, 0.2) is 70.1 Å². The van der Waals surface area contributed by atoms with Gasteiger partial charge in [-0.15, -0.1) is 0 Å². The molecule has 0 radical (unpaired) electrons. The minimum atomic E-state index is -2.98. The molecule has 7 nitrogen and oxygen atoms in total. The number of fused-ring (bicyclic) bond motifs is 1. The molecular formula is C28H32FN5O2S. The second-order valence-corrected chi connectivity index (χ2v) is 11.2. The van der Waals surface area contributed by atoms with Gasteiger partial charge in [0.15, 0.2) is 6.23 Å². The highest BCUT2D eigenvalue weighted by Crippen LogP contribution is 2.33. The van der Waals surface area contributed by atoms with Crippen LogP contribution in [-0.2, 0) is 23.4 Å². The normalized spacial score (nSPS) is 20.4. The van der Waals surface area contributed by atoms with Gasteiger partial charge in [-0.05, 0) is 49.4 Å². The maximum atomic E-state index is 14.2. The molecule has 0 bridgehead atoms. The number of anilines is 1. The molecule has 3 aromatic rings. The van der Waals surface area contributed by atoms with Gasteiger partial charge in [0.25, 0.3) is 0 Å². The summed E-state index contributed by atoms with van der Waals surface area (Å²) in [5, 5.41) is 23.2. The van der Waals surface area contributed by atoms with E-state index in [0.29, 0.717) is 28.4 Å². The molecule has 0 spiro atoms. The van der Waals surface area contributed by atoms with Crippen LogP contribution in [0.3, 0.4) is 0 Å². The Morgan fingerprint density at radius 3 is 2.76 bits per heavy atom. The van der Waals surface area contributed by atoms with Crippen LogP contribution in [-0.4, -0.2) is 26.5 Å². The van der Waals surface area contributed by atoms with Gasteiger partial charge in [-0.25, -0.2) is 17.7 Å². The fourth-order valence-corrected chi connectivity index (χ4v) is 6.74. The summed E-state index contributed by atoms with van der Waals surface area (Å²) < 4.78 is 37.5. The Balaban J connectivity index is 1.65. The van der Waals surface area contributed by atoms with Gasteiger partial charge >= 0.3 is 0 Å². The molecule has 194 valence electrons. The van der Waals surface area contributed by atoms with Crippen molar-refractivity contribution in [3.8, 4) is 6.07 Å². The average Bonchev–Trinajstić information content (AvgIpc) is 3.16. The maximum Gasteiger partial charge on any atom is 0.166 e. The fraction of sp³-hybridized carbons (Fsp3) is 0.321. The van der Waals surface area contributed by atoms with Crippen LogP contribution in [0.5, 0.6) is 0 Å². The van der Waals surface area contributed by atoms with E-state index in [-0.39, 0.29) is 17.5 Å². The Kier molecular flexibility index (Phi) is 8.13. The van der Waals surface area contributed by atoms with Crippen molar-refractivity contribution in [2.75, 3.05) is 11.9 Å². The van der Waals surface area contributed by atoms with E-state index >= 15 is 0 Å². The summed E-state index contributed by atoms with van der Waals surface area (Å²) >= 11 is 0. The Morgan fingerprint density at radius 1 is 1.30 bits per heavy atom. The number of aryl methyl sites for hydroxylation is 2. The van der Waals surface area contributed by atoms with Crippen molar-refractivity contribution in [3.05, 3.63) is 89.0 Å². The lowest BCUT2D eigenvalue weighted by Crippen LogP contribution is -2.37. The lowest BCUT2D eigenvalue weighted by atomic mass is 9.94. The number of nitrogens with zero attached hydrogens (tertiary/aromatic N) is 3. The largest absolute Gasteiger partial charge is 0.368 e. The van der Waals surface area contributed by atoms with E-state index < -0.39 is 22.0 Å². The zero-order valence-electron chi connectivity index (χ0n) is 21.2. The highest BCUT2D eigenvalue weighted by Gasteiger charge is 2.31. The van der Waals surface area contributed by atoms with E-state index in [9.17, 15) is 13.7 Å². The van der Waals surface area contributed by atoms with Gasteiger partial charge in [0.1, 0.15) is 21.8 Å². The van der Waals surface area contributed by atoms with Gasteiger partial charge in [-0.2, -0.15) is 5.26 Å². The summed E-state index contributed by atoms with van der Waals surface area (Å²) in [6.07, 6.45) is 6.23. The van der Waals surface area contributed by atoms with E-state index in [1.165, 1.54) is 23.8 Å². The zero-order chi connectivity index (χ0) is 26.6. The first-order valence-electron chi connectivity index (χ1n) is 12.3. The van der Waals surface area contributed by atoms with Crippen molar-refractivity contribution >= 4 is 21.7 Å². The highest BCUT2D eigenvalue weighted by molar-refractivity contribution is 7.91. The minimum absolute atomic E-state index is 0.121. The molecule has 3 unspecified atom stereocenters. The first-order valence-corrected chi connectivity index (χ1v) is 13.8. The molecule has 3 N–H and O–H groups in total. The van der Waals surface area contributed by atoms with Crippen molar-refractivity contribution in [1.29, 1.82) is 5.26 Å². The van der Waals surface area contributed by atoms with Crippen LogP contribution in [0.1, 0.15) is 48.9 Å².